The first kappa shape index (κ1) is 11.9. The molecule has 1 rings (SSSR count). The molecule has 1 aliphatic heterocycles. The van der Waals surface area contributed by atoms with E-state index in [2.05, 4.69) is 23.9 Å². The van der Waals surface area contributed by atoms with Crippen molar-refractivity contribution in [3.05, 3.63) is 0 Å². The highest BCUT2D eigenvalue weighted by molar-refractivity contribution is 4.86. The highest BCUT2D eigenvalue weighted by atomic mass is 16.5. The van der Waals surface area contributed by atoms with Crippen LogP contribution < -0.4 is 5.73 Å². The zero-order valence-electron chi connectivity index (χ0n) is 9.57. The van der Waals surface area contributed by atoms with Gasteiger partial charge in [0.1, 0.15) is 0 Å². The molecule has 4 heteroatoms. The normalized spacial score (nSPS) is 27.9. The molecule has 0 bridgehead atoms. The van der Waals surface area contributed by atoms with Crippen molar-refractivity contribution < 1.29 is 4.74 Å². The van der Waals surface area contributed by atoms with Gasteiger partial charge in [0.25, 0.3) is 0 Å². The molecule has 84 valence electrons. The fraction of sp³-hybridized carbons (Fsp3) is 1.00. The van der Waals surface area contributed by atoms with Crippen molar-refractivity contribution in [3.8, 4) is 0 Å². The van der Waals surface area contributed by atoms with E-state index in [0.717, 1.165) is 26.2 Å². The molecule has 0 aromatic heterocycles. The van der Waals surface area contributed by atoms with Crippen LogP contribution in [0, 0.1) is 0 Å². The van der Waals surface area contributed by atoms with E-state index in [4.69, 9.17) is 10.5 Å². The Hall–Kier alpha value is -0.160. The van der Waals surface area contributed by atoms with Crippen LogP contribution in [0.3, 0.4) is 0 Å². The van der Waals surface area contributed by atoms with Crippen molar-refractivity contribution in [1.82, 2.24) is 9.80 Å². The van der Waals surface area contributed by atoms with E-state index < -0.39 is 0 Å². The van der Waals surface area contributed by atoms with Gasteiger partial charge in [0.05, 0.1) is 6.61 Å². The minimum atomic E-state index is 0.127. The van der Waals surface area contributed by atoms with Crippen molar-refractivity contribution >= 4 is 0 Å². The summed E-state index contributed by atoms with van der Waals surface area (Å²) in [5.74, 6) is 0. The summed E-state index contributed by atoms with van der Waals surface area (Å²) in [6.45, 7) is 6.70. The summed E-state index contributed by atoms with van der Waals surface area (Å²) in [5.41, 5.74) is 6.09. The Balaban J connectivity index is 2.38. The van der Waals surface area contributed by atoms with Crippen LogP contribution in [0.4, 0.5) is 0 Å². The van der Waals surface area contributed by atoms with Gasteiger partial charge in [0.2, 0.25) is 0 Å². The van der Waals surface area contributed by atoms with Crippen LogP contribution in [-0.4, -0.2) is 68.8 Å². The average molecular weight is 201 g/mol. The predicted molar refractivity (Wildman–Crippen MR) is 58.4 cm³/mol. The molecule has 0 amide bonds. The summed E-state index contributed by atoms with van der Waals surface area (Å²) < 4.78 is 5.36. The van der Waals surface area contributed by atoms with Crippen LogP contribution in [0.25, 0.3) is 0 Å². The first-order valence-corrected chi connectivity index (χ1v) is 5.37. The number of hydrogen-bond donors (Lipinski definition) is 1. The van der Waals surface area contributed by atoms with Gasteiger partial charge < -0.3 is 15.4 Å². The lowest BCUT2D eigenvalue weighted by molar-refractivity contribution is 0.0556. The topological polar surface area (TPSA) is 41.7 Å². The van der Waals surface area contributed by atoms with Gasteiger partial charge in [0.15, 0.2) is 0 Å². The molecule has 0 saturated carbocycles. The number of likely N-dealkylation sites (N-methyl/N-ethyl adjacent to an activating group) is 2. The fourth-order valence-electron chi connectivity index (χ4n) is 1.87. The smallest absolute Gasteiger partial charge is 0.0633 e. The van der Waals surface area contributed by atoms with Gasteiger partial charge in [-0.2, -0.15) is 0 Å². The van der Waals surface area contributed by atoms with Gasteiger partial charge in [0, 0.05) is 38.3 Å². The third-order valence-corrected chi connectivity index (χ3v) is 2.91. The summed E-state index contributed by atoms with van der Waals surface area (Å²) in [6.07, 6.45) is 0. The SMILES string of the molecule is CCOCC(N)C1CN(C)CCN1C. The van der Waals surface area contributed by atoms with Crippen molar-refractivity contribution in [2.75, 3.05) is 46.9 Å². The molecule has 1 aliphatic rings. The Morgan fingerprint density at radius 1 is 1.43 bits per heavy atom. The van der Waals surface area contributed by atoms with Gasteiger partial charge in [-0.15, -0.1) is 0 Å². The first-order valence-electron chi connectivity index (χ1n) is 5.37. The summed E-state index contributed by atoms with van der Waals surface area (Å²) in [4.78, 5) is 4.67. The van der Waals surface area contributed by atoms with Gasteiger partial charge in [-0.05, 0) is 21.0 Å². The van der Waals surface area contributed by atoms with E-state index in [1.165, 1.54) is 0 Å². The lowest BCUT2D eigenvalue weighted by Crippen LogP contribution is -2.58. The maximum atomic E-state index is 6.09. The van der Waals surface area contributed by atoms with E-state index in [1.807, 2.05) is 6.92 Å². The van der Waals surface area contributed by atoms with Crippen molar-refractivity contribution in [3.63, 3.8) is 0 Å². The third kappa shape index (κ3) is 3.20. The lowest BCUT2D eigenvalue weighted by Gasteiger charge is -2.40. The molecule has 2 atom stereocenters. The third-order valence-electron chi connectivity index (χ3n) is 2.91. The van der Waals surface area contributed by atoms with Gasteiger partial charge in [-0.1, -0.05) is 0 Å². The molecular weight excluding hydrogens is 178 g/mol. The molecule has 14 heavy (non-hydrogen) atoms. The summed E-state index contributed by atoms with van der Waals surface area (Å²) in [7, 11) is 4.29. The number of piperazine rings is 1. The predicted octanol–water partition coefficient (Wildman–Crippen LogP) is -0.404. The molecule has 0 aliphatic carbocycles. The highest BCUT2D eigenvalue weighted by Crippen LogP contribution is 2.08. The van der Waals surface area contributed by atoms with Crippen LogP contribution in [0.1, 0.15) is 6.92 Å². The molecule has 0 radical (unpaired) electrons. The molecule has 0 spiro atoms. The molecule has 4 nitrogen and oxygen atoms in total. The van der Waals surface area contributed by atoms with Crippen molar-refractivity contribution in [2.45, 2.75) is 19.0 Å². The lowest BCUT2D eigenvalue weighted by atomic mass is 10.1. The molecular formula is C10H23N3O. The average Bonchev–Trinajstić information content (AvgIpc) is 2.18. The van der Waals surface area contributed by atoms with Crippen molar-refractivity contribution in [2.24, 2.45) is 5.73 Å². The van der Waals surface area contributed by atoms with E-state index in [1.54, 1.807) is 0 Å². The molecule has 1 saturated heterocycles. The molecule has 2 N–H and O–H groups in total. The van der Waals surface area contributed by atoms with Crippen LogP contribution in [0.15, 0.2) is 0 Å². The van der Waals surface area contributed by atoms with Gasteiger partial charge in [-0.25, -0.2) is 0 Å². The summed E-state index contributed by atoms with van der Waals surface area (Å²) in [6, 6.07) is 0.558. The Morgan fingerprint density at radius 2 is 2.14 bits per heavy atom. The van der Waals surface area contributed by atoms with Gasteiger partial charge >= 0.3 is 0 Å². The minimum Gasteiger partial charge on any atom is -0.380 e. The van der Waals surface area contributed by atoms with Gasteiger partial charge in [-0.3, -0.25) is 4.90 Å². The van der Waals surface area contributed by atoms with Crippen molar-refractivity contribution in [1.29, 1.82) is 0 Å². The Bertz CT molecular complexity index is 165. The van der Waals surface area contributed by atoms with Crippen LogP contribution in [0.2, 0.25) is 0 Å². The number of hydrogen-bond acceptors (Lipinski definition) is 4. The quantitative estimate of drug-likeness (QED) is 0.672. The summed E-state index contributed by atoms with van der Waals surface area (Å²) >= 11 is 0. The highest BCUT2D eigenvalue weighted by Gasteiger charge is 2.27. The number of rotatable bonds is 4. The number of nitrogens with zero attached hydrogens (tertiary/aromatic N) is 2. The first-order chi connectivity index (χ1) is 6.65. The Kier molecular flexibility index (Phi) is 4.81. The second kappa shape index (κ2) is 5.66. The number of ether oxygens (including phenoxy) is 1. The maximum absolute atomic E-state index is 6.09. The Labute approximate surface area is 87.0 Å². The number of nitrogens with two attached hydrogens (primary N) is 1. The van der Waals surface area contributed by atoms with E-state index in [9.17, 15) is 0 Å². The molecule has 2 unspecified atom stereocenters. The second-order valence-corrected chi connectivity index (χ2v) is 4.13. The maximum Gasteiger partial charge on any atom is 0.0633 e. The standard InChI is InChI=1S/C10H23N3O/c1-4-14-8-9(11)10-7-12(2)5-6-13(10)3/h9-10H,4-8,11H2,1-3H3. The van der Waals surface area contributed by atoms with E-state index in [0.29, 0.717) is 12.6 Å². The molecule has 1 heterocycles. The Morgan fingerprint density at radius 3 is 2.79 bits per heavy atom. The fourth-order valence-corrected chi connectivity index (χ4v) is 1.87. The zero-order chi connectivity index (χ0) is 10.6. The van der Waals surface area contributed by atoms with E-state index in [-0.39, 0.29) is 6.04 Å². The molecule has 1 fully saturated rings. The second-order valence-electron chi connectivity index (χ2n) is 4.13. The summed E-state index contributed by atoms with van der Waals surface area (Å²) in [5, 5.41) is 0. The van der Waals surface area contributed by atoms with Crippen LogP contribution in [-0.2, 0) is 4.74 Å². The van der Waals surface area contributed by atoms with Crippen LogP contribution >= 0.6 is 0 Å². The largest absolute Gasteiger partial charge is 0.380 e. The molecule has 0 aromatic rings. The van der Waals surface area contributed by atoms with Crippen LogP contribution in [0.5, 0.6) is 0 Å². The zero-order valence-corrected chi connectivity index (χ0v) is 9.57. The minimum absolute atomic E-state index is 0.127. The van der Waals surface area contributed by atoms with E-state index >= 15 is 0 Å². The monoisotopic (exact) mass is 201 g/mol. The molecule has 0 aromatic carbocycles.